The first-order valence-corrected chi connectivity index (χ1v) is 12.7. The minimum atomic E-state index is -0.343. The quantitative estimate of drug-likeness (QED) is 0.360. The van der Waals surface area contributed by atoms with Crippen molar-refractivity contribution < 1.29 is 13.9 Å². The number of amides is 1. The third-order valence-corrected chi connectivity index (χ3v) is 7.61. The van der Waals surface area contributed by atoms with E-state index in [9.17, 15) is 9.18 Å². The highest BCUT2D eigenvalue weighted by Gasteiger charge is 2.33. The number of aromatic nitrogens is 3. The van der Waals surface area contributed by atoms with Crippen molar-refractivity contribution in [1.29, 1.82) is 0 Å². The number of ether oxygens (including phenoxy) is 1. The van der Waals surface area contributed by atoms with E-state index in [1.807, 2.05) is 41.9 Å². The summed E-state index contributed by atoms with van der Waals surface area (Å²) in [6.45, 7) is 6.91. The van der Waals surface area contributed by atoms with Crippen LogP contribution < -0.4 is 20.9 Å². The van der Waals surface area contributed by atoms with Gasteiger partial charge in [0.25, 0.3) is 5.91 Å². The highest BCUT2D eigenvalue weighted by Crippen LogP contribution is 2.35. The van der Waals surface area contributed by atoms with Crippen LogP contribution in [0.25, 0.3) is 16.9 Å². The van der Waals surface area contributed by atoms with Gasteiger partial charge >= 0.3 is 0 Å². The number of hydrogen-bond acceptors (Lipinski definition) is 7. The Morgan fingerprint density at radius 3 is 2.82 bits per heavy atom. The van der Waals surface area contributed by atoms with Crippen LogP contribution in [0.5, 0.6) is 0 Å². The molecule has 4 aromatic rings. The van der Waals surface area contributed by atoms with Gasteiger partial charge in [-0.3, -0.25) is 9.20 Å². The summed E-state index contributed by atoms with van der Waals surface area (Å²) in [6, 6.07) is 10.6. The number of fused-ring (bicyclic) bond motifs is 2. The summed E-state index contributed by atoms with van der Waals surface area (Å²) in [4.78, 5) is 24.1. The molecule has 3 N–H and O–H groups in total. The zero-order valence-electron chi connectivity index (χ0n) is 21.6. The van der Waals surface area contributed by atoms with Gasteiger partial charge in [0, 0.05) is 43.0 Å². The Hall–Kier alpha value is -4.02. The lowest BCUT2D eigenvalue weighted by molar-refractivity contribution is -0.0103. The van der Waals surface area contributed by atoms with Crippen LogP contribution in [0.3, 0.4) is 0 Å². The maximum atomic E-state index is 13.7. The Bertz CT molecular complexity index is 1520. The molecule has 1 fully saturated rings. The van der Waals surface area contributed by atoms with Crippen molar-refractivity contribution in [1.82, 2.24) is 25.0 Å². The molecule has 0 spiro atoms. The highest BCUT2D eigenvalue weighted by molar-refractivity contribution is 6.06. The number of likely N-dealkylation sites (N-methyl/N-ethyl adjacent to an activating group) is 1. The second-order valence-corrected chi connectivity index (χ2v) is 10.2. The molecule has 5 heterocycles. The van der Waals surface area contributed by atoms with Gasteiger partial charge < -0.3 is 25.6 Å². The zero-order chi connectivity index (χ0) is 26.4. The molecule has 9 nitrogen and oxygen atoms in total. The van der Waals surface area contributed by atoms with E-state index in [1.165, 1.54) is 12.1 Å². The number of halogens is 1. The standard InChI is InChI=1S/C28H30FN7O2/c1-28(2,30-3)23-16-35(10-11-38-23)18-4-7-24(31-13-18)34-21-6-5-19(20-14-33-27(37)26(20)21)22-15-32-25-12-17(29)8-9-36(22)25/h4-9,12-13,15,23,30H,10-11,14,16H2,1-3H3,(H,31,34)(H,33,37)/t23-/m0/s1. The van der Waals surface area contributed by atoms with Crippen LogP contribution in [0, 0.1) is 5.82 Å². The minimum Gasteiger partial charge on any atom is -0.373 e. The third-order valence-electron chi connectivity index (χ3n) is 7.61. The molecule has 1 aromatic carbocycles. The Morgan fingerprint density at radius 2 is 2.03 bits per heavy atom. The van der Waals surface area contributed by atoms with E-state index in [2.05, 4.69) is 44.7 Å². The molecule has 1 amide bonds. The van der Waals surface area contributed by atoms with Crippen molar-refractivity contribution in [2.75, 3.05) is 37.0 Å². The maximum Gasteiger partial charge on any atom is 0.254 e. The molecule has 0 bridgehead atoms. The van der Waals surface area contributed by atoms with Crippen molar-refractivity contribution in [3.05, 3.63) is 71.9 Å². The van der Waals surface area contributed by atoms with E-state index in [0.717, 1.165) is 35.6 Å². The van der Waals surface area contributed by atoms with Gasteiger partial charge in [-0.05, 0) is 50.7 Å². The number of nitrogens with one attached hydrogen (secondary N) is 3. The molecule has 3 aromatic heterocycles. The predicted molar refractivity (Wildman–Crippen MR) is 144 cm³/mol. The number of carbonyl (C=O) groups is 1. The summed E-state index contributed by atoms with van der Waals surface area (Å²) in [5.41, 5.74) is 5.20. The van der Waals surface area contributed by atoms with Crippen LogP contribution in [0.15, 0.2) is 55.0 Å². The lowest BCUT2D eigenvalue weighted by Crippen LogP contribution is -2.57. The van der Waals surface area contributed by atoms with Crippen molar-refractivity contribution in [2.24, 2.45) is 0 Å². The van der Waals surface area contributed by atoms with Crippen LogP contribution in [-0.4, -0.2) is 58.7 Å². The highest BCUT2D eigenvalue weighted by atomic mass is 19.1. The van der Waals surface area contributed by atoms with E-state index in [-0.39, 0.29) is 23.4 Å². The molecule has 196 valence electrons. The van der Waals surface area contributed by atoms with Gasteiger partial charge in [0.05, 0.1) is 47.7 Å². The Balaban J connectivity index is 1.26. The van der Waals surface area contributed by atoms with Crippen molar-refractivity contribution >= 4 is 28.7 Å². The fourth-order valence-corrected chi connectivity index (χ4v) is 5.11. The molecule has 1 atom stereocenters. The van der Waals surface area contributed by atoms with Gasteiger partial charge in [-0.25, -0.2) is 14.4 Å². The van der Waals surface area contributed by atoms with Gasteiger partial charge in [0.1, 0.15) is 17.3 Å². The lowest BCUT2D eigenvalue weighted by Gasteiger charge is -2.42. The van der Waals surface area contributed by atoms with E-state index in [4.69, 9.17) is 4.74 Å². The first kappa shape index (κ1) is 24.3. The van der Waals surface area contributed by atoms with Crippen LogP contribution in [0.4, 0.5) is 21.6 Å². The van der Waals surface area contributed by atoms with E-state index in [1.54, 1.807) is 12.4 Å². The van der Waals surface area contributed by atoms with Crippen LogP contribution in [-0.2, 0) is 11.3 Å². The van der Waals surface area contributed by atoms with Gasteiger partial charge in [0.2, 0.25) is 0 Å². The first-order valence-electron chi connectivity index (χ1n) is 12.7. The molecular weight excluding hydrogens is 485 g/mol. The fourth-order valence-electron chi connectivity index (χ4n) is 5.11. The van der Waals surface area contributed by atoms with E-state index < -0.39 is 0 Å². The maximum absolute atomic E-state index is 13.7. The average molecular weight is 516 g/mol. The number of pyridine rings is 2. The van der Waals surface area contributed by atoms with Gasteiger partial charge in [0.15, 0.2) is 0 Å². The number of morpholine rings is 1. The molecule has 38 heavy (non-hydrogen) atoms. The number of rotatable bonds is 6. The third kappa shape index (κ3) is 4.25. The van der Waals surface area contributed by atoms with Crippen molar-refractivity contribution in [3.8, 4) is 11.3 Å². The van der Waals surface area contributed by atoms with E-state index >= 15 is 0 Å². The second kappa shape index (κ2) is 9.38. The molecule has 10 heteroatoms. The summed E-state index contributed by atoms with van der Waals surface area (Å²) in [5, 5.41) is 9.60. The summed E-state index contributed by atoms with van der Waals surface area (Å²) in [7, 11) is 1.95. The lowest BCUT2D eigenvalue weighted by atomic mass is 9.96. The smallest absolute Gasteiger partial charge is 0.254 e. The molecule has 0 aliphatic carbocycles. The predicted octanol–water partition coefficient (Wildman–Crippen LogP) is 3.73. The summed E-state index contributed by atoms with van der Waals surface area (Å²) in [6.07, 6.45) is 5.26. The number of benzene rings is 1. The van der Waals surface area contributed by atoms with Gasteiger partial charge in [-0.15, -0.1) is 0 Å². The molecule has 6 rings (SSSR count). The van der Waals surface area contributed by atoms with Crippen LogP contribution in [0.2, 0.25) is 0 Å². The Labute approximate surface area is 220 Å². The molecule has 2 aliphatic rings. The number of hydrogen-bond donors (Lipinski definition) is 3. The molecule has 2 aliphatic heterocycles. The summed E-state index contributed by atoms with van der Waals surface area (Å²) in [5.74, 6) is 0.159. The fraction of sp³-hybridized carbons (Fsp3) is 0.321. The van der Waals surface area contributed by atoms with Gasteiger partial charge in [-0.2, -0.15) is 0 Å². The van der Waals surface area contributed by atoms with Crippen molar-refractivity contribution in [3.63, 3.8) is 0 Å². The van der Waals surface area contributed by atoms with Crippen molar-refractivity contribution in [2.45, 2.75) is 32.0 Å². The number of imidazole rings is 1. The summed E-state index contributed by atoms with van der Waals surface area (Å²) < 4.78 is 21.5. The first-order chi connectivity index (χ1) is 18.3. The number of nitrogens with zero attached hydrogens (tertiary/aromatic N) is 4. The largest absolute Gasteiger partial charge is 0.373 e. The minimum absolute atomic E-state index is 0.0607. The average Bonchev–Trinajstić information content (AvgIpc) is 3.53. The Kier molecular flexibility index (Phi) is 6.00. The summed E-state index contributed by atoms with van der Waals surface area (Å²) >= 11 is 0. The van der Waals surface area contributed by atoms with Crippen LogP contribution >= 0.6 is 0 Å². The van der Waals surface area contributed by atoms with Gasteiger partial charge in [-0.1, -0.05) is 6.07 Å². The Morgan fingerprint density at radius 1 is 1.16 bits per heavy atom. The second-order valence-electron chi connectivity index (χ2n) is 10.2. The molecule has 0 saturated carbocycles. The monoisotopic (exact) mass is 515 g/mol. The number of carbonyl (C=O) groups excluding carboxylic acids is 1. The molecule has 0 radical (unpaired) electrons. The number of anilines is 3. The normalized spacial score (nSPS) is 17.5. The SMILES string of the molecule is CNC(C)(C)[C@@H]1CN(c2ccc(Nc3ccc(-c4cnc5cc(F)ccn45)c4c3C(=O)NC4)nc2)CCO1. The topological polar surface area (TPSA) is 95.8 Å². The molecular formula is C28H30FN7O2. The zero-order valence-corrected chi connectivity index (χ0v) is 21.6. The van der Waals surface area contributed by atoms with E-state index in [0.29, 0.717) is 35.9 Å². The van der Waals surface area contributed by atoms with Crippen LogP contribution in [0.1, 0.15) is 29.8 Å². The molecule has 1 saturated heterocycles. The molecule has 0 unspecified atom stereocenters.